The van der Waals surface area contributed by atoms with Crippen molar-refractivity contribution < 1.29 is 9.59 Å². The van der Waals surface area contributed by atoms with Gasteiger partial charge in [-0.25, -0.2) is 0 Å². The van der Waals surface area contributed by atoms with Crippen LogP contribution in [0.5, 0.6) is 0 Å². The van der Waals surface area contributed by atoms with Crippen molar-refractivity contribution in [2.24, 2.45) is 0 Å². The molecular weight excluding hydrogens is 340 g/mol. The van der Waals surface area contributed by atoms with Gasteiger partial charge in [-0.15, -0.1) is 0 Å². The van der Waals surface area contributed by atoms with Crippen molar-refractivity contribution in [2.45, 2.75) is 25.3 Å². The third kappa shape index (κ3) is 4.01. The van der Waals surface area contributed by atoms with E-state index in [1.807, 2.05) is 23.1 Å². The van der Waals surface area contributed by atoms with E-state index in [1.165, 1.54) is 5.56 Å². The second-order valence-corrected chi connectivity index (χ2v) is 7.21. The molecule has 4 rings (SSSR count). The number of benzene rings is 1. The van der Waals surface area contributed by atoms with E-state index >= 15 is 0 Å². The van der Waals surface area contributed by atoms with Gasteiger partial charge in [0, 0.05) is 42.8 Å². The number of aromatic nitrogens is 1. The van der Waals surface area contributed by atoms with Gasteiger partial charge in [0.15, 0.2) is 0 Å². The standard InChI is InChI=1S/C21H24N4O2/c26-20(25-13-9-16-4-1-2-6-19(16)25)15-24-12-3-5-18(14-24)23-21(27)17-7-10-22-11-8-17/h1-2,4,6-8,10-11,18H,3,5,9,12-15H2,(H,23,27). The van der Waals surface area contributed by atoms with Crippen LogP contribution < -0.4 is 10.2 Å². The number of anilines is 1. The van der Waals surface area contributed by atoms with Gasteiger partial charge in [-0.3, -0.25) is 19.5 Å². The van der Waals surface area contributed by atoms with Gasteiger partial charge < -0.3 is 10.2 Å². The van der Waals surface area contributed by atoms with Gasteiger partial charge in [0.05, 0.1) is 6.54 Å². The topological polar surface area (TPSA) is 65.5 Å². The second-order valence-electron chi connectivity index (χ2n) is 7.21. The van der Waals surface area contributed by atoms with E-state index in [9.17, 15) is 9.59 Å². The summed E-state index contributed by atoms with van der Waals surface area (Å²) in [5, 5.41) is 3.09. The minimum atomic E-state index is -0.0796. The molecule has 6 nitrogen and oxygen atoms in total. The van der Waals surface area contributed by atoms with Crippen LogP contribution in [0.4, 0.5) is 5.69 Å². The number of para-hydroxylation sites is 1. The number of piperidine rings is 1. The van der Waals surface area contributed by atoms with Crippen molar-refractivity contribution >= 4 is 17.5 Å². The van der Waals surface area contributed by atoms with E-state index in [2.05, 4.69) is 21.3 Å². The molecular formula is C21H24N4O2. The Labute approximate surface area is 159 Å². The van der Waals surface area contributed by atoms with Gasteiger partial charge in [0.2, 0.25) is 5.91 Å². The molecule has 2 amide bonds. The van der Waals surface area contributed by atoms with Crippen LogP contribution in [0.1, 0.15) is 28.8 Å². The van der Waals surface area contributed by atoms with Gasteiger partial charge in [0.25, 0.3) is 5.91 Å². The van der Waals surface area contributed by atoms with Crippen LogP contribution in [-0.4, -0.2) is 53.9 Å². The summed E-state index contributed by atoms with van der Waals surface area (Å²) in [4.78, 5) is 33.2. The van der Waals surface area contributed by atoms with E-state index in [0.29, 0.717) is 18.7 Å². The monoisotopic (exact) mass is 364 g/mol. The fraction of sp³-hybridized carbons (Fsp3) is 0.381. The molecule has 2 aliphatic heterocycles. The number of nitrogens with zero attached hydrogens (tertiary/aromatic N) is 3. The Bertz CT molecular complexity index is 824. The number of fused-ring (bicyclic) bond motifs is 1. The number of amides is 2. The third-order valence-corrected chi connectivity index (χ3v) is 5.33. The number of pyridine rings is 1. The number of hydrogen-bond acceptors (Lipinski definition) is 4. The summed E-state index contributed by atoms with van der Waals surface area (Å²) in [5.74, 6) is 0.0603. The Hall–Kier alpha value is -2.73. The highest BCUT2D eigenvalue weighted by atomic mass is 16.2. The Morgan fingerprint density at radius 2 is 1.93 bits per heavy atom. The summed E-state index contributed by atoms with van der Waals surface area (Å²) in [5.41, 5.74) is 2.90. The van der Waals surface area contributed by atoms with Crippen molar-refractivity contribution in [3.05, 3.63) is 59.9 Å². The summed E-state index contributed by atoms with van der Waals surface area (Å²) in [6.45, 7) is 2.76. The van der Waals surface area contributed by atoms with Gasteiger partial charge in [0.1, 0.15) is 0 Å². The maximum Gasteiger partial charge on any atom is 0.251 e. The van der Waals surface area contributed by atoms with Crippen molar-refractivity contribution in [3.63, 3.8) is 0 Å². The summed E-state index contributed by atoms with van der Waals surface area (Å²) >= 11 is 0. The van der Waals surface area contributed by atoms with E-state index in [-0.39, 0.29) is 17.9 Å². The Kier molecular flexibility index (Phi) is 5.16. The predicted molar refractivity (Wildman–Crippen MR) is 104 cm³/mol. The molecule has 27 heavy (non-hydrogen) atoms. The number of carbonyl (C=O) groups is 2. The number of likely N-dealkylation sites (tertiary alicyclic amines) is 1. The second kappa shape index (κ2) is 7.88. The maximum atomic E-state index is 12.8. The van der Waals surface area contributed by atoms with Gasteiger partial charge in [-0.05, 0) is 49.6 Å². The summed E-state index contributed by atoms with van der Waals surface area (Å²) in [6, 6.07) is 11.6. The molecule has 1 unspecified atom stereocenters. The third-order valence-electron chi connectivity index (χ3n) is 5.33. The SMILES string of the molecule is O=C(NC1CCCN(CC(=O)N2CCc3ccccc32)C1)c1ccncc1. The van der Waals surface area contributed by atoms with E-state index in [4.69, 9.17) is 0 Å². The molecule has 6 heteroatoms. The molecule has 0 radical (unpaired) electrons. The molecule has 0 bridgehead atoms. The lowest BCUT2D eigenvalue weighted by molar-refractivity contribution is -0.119. The lowest BCUT2D eigenvalue weighted by Crippen LogP contribution is -2.50. The smallest absolute Gasteiger partial charge is 0.251 e. The van der Waals surface area contributed by atoms with Crippen molar-refractivity contribution in [3.8, 4) is 0 Å². The molecule has 1 N–H and O–H groups in total. The molecule has 2 aromatic rings. The van der Waals surface area contributed by atoms with Crippen LogP contribution in [-0.2, 0) is 11.2 Å². The van der Waals surface area contributed by atoms with Crippen molar-refractivity contribution in [1.82, 2.24) is 15.2 Å². The molecule has 3 heterocycles. The molecule has 1 aromatic carbocycles. The van der Waals surface area contributed by atoms with Gasteiger partial charge in [-0.1, -0.05) is 18.2 Å². The van der Waals surface area contributed by atoms with Crippen LogP contribution in [0.25, 0.3) is 0 Å². The lowest BCUT2D eigenvalue weighted by atomic mass is 10.0. The minimum absolute atomic E-state index is 0.0677. The number of nitrogens with one attached hydrogen (secondary N) is 1. The lowest BCUT2D eigenvalue weighted by Gasteiger charge is -2.33. The zero-order valence-electron chi connectivity index (χ0n) is 15.3. The van der Waals surface area contributed by atoms with Crippen LogP contribution in [0.15, 0.2) is 48.8 Å². The zero-order chi connectivity index (χ0) is 18.6. The van der Waals surface area contributed by atoms with E-state index in [0.717, 1.165) is 38.0 Å². The van der Waals surface area contributed by atoms with Crippen LogP contribution in [0.3, 0.4) is 0 Å². The van der Waals surface area contributed by atoms with Crippen LogP contribution in [0.2, 0.25) is 0 Å². The molecule has 1 atom stereocenters. The van der Waals surface area contributed by atoms with Crippen molar-refractivity contribution in [1.29, 1.82) is 0 Å². The highest BCUT2D eigenvalue weighted by Crippen LogP contribution is 2.27. The van der Waals surface area contributed by atoms with Crippen molar-refractivity contribution in [2.75, 3.05) is 31.1 Å². The quantitative estimate of drug-likeness (QED) is 0.899. The average Bonchev–Trinajstić information content (AvgIpc) is 3.13. The van der Waals surface area contributed by atoms with E-state index in [1.54, 1.807) is 24.5 Å². The molecule has 0 saturated carbocycles. The van der Waals surface area contributed by atoms with Gasteiger partial charge in [-0.2, -0.15) is 0 Å². The Balaban J connectivity index is 1.34. The largest absolute Gasteiger partial charge is 0.348 e. The molecule has 140 valence electrons. The molecule has 1 saturated heterocycles. The Morgan fingerprint density at radius 1 is 1.11 bits per heavy atom. The first kappa shape index (κ1) is 17.7. The first-order chi connectivity index (χ1) is 13.2. The number of hydrogen-bond donors (Lipinski definition) is 1. The highest BCUT2D eigenvalue weighted by Gasteiger charge is 2.28. The molecule has 1 aromatic heterocycles. The average molecular weight is 364 g/mol. The highest BCUT2D eigenvalue weighted by molar-refractivity contribution is 5.97. The summed E-state index contributed by atoms with van der Waals surface area (Å²) in [7, 11) is 0. The normalized spacial score (nSPS) is 19.6. The summed E-state index contributed by atoms with van der Waals surface area (Å²) in [6.07, 6.45) is 6.08. The van der Waals surface area contributed by atoms with Crippen LogP contribution in [0, 0.1) is 0 Å². The summed E-state index contributed by atoms with van der Waals surface area (Å²) < 4.78 is 0. The Morgan fingerprint density at radius 3 is 2.78 bits per heavy atom. The molecule has 0 aliphatic carbocycles. The predicted octanol–water partition coefficient (Wildman–Crippen LogP) is 1.87. The molecule has 2 aliphatic rings. The zero-order valence-corrected chi connectivity index (χ0v) is 15.3. The fourth-order valence-corrected chi connectivity index (χ4v) is 3.96. The van der Waals surface area contributed by atoms with Crippen LogP contribution >= 0.6 is 0 Å². The first-order valence-electron chi connectivity index (χ1n) is 9.52. The molecule has 0 spiro atoms. The molecule has 1 fully saturated rings. The number of rotatable bonds is 4. The minimum Gasteiger partial charge on any atom is -0.348 e. The fourth-order valence-electron chi connectivity index (χ4n) is 3.96. The maximum absolute atomic E-state index is 12.8. The number of carbonyl (C=O) groups excluding carboxylic acids is 2. The van der Waals surface area contributed by atoms with Gasteiger partial charge >= 0.3 is 0 Å². The first-order valence-corrected chi connectivity index (χ1v) is 9.52. The van der Waals surface area contributed by atoms with E-state index < -0.39 is 0 Å².